The van der Waals surface area contributed by atoms with Crippen molar-refractivity contribution in [1.29, 1.82) is 0 Å². The van der Waals surface area contributed by atoms with Gasteiger partial charge in [0.2, 0.25) is 12.1 Å². The Morgan fingerprint density at radius 2 is 1.94 bits per heavy atom. The number of hydrogen-bond donors (Lipinski definition) is 0. The highest BCUT2D eigenvalue weighted by Gasteiger charge is 2.69. The maximum Gasteiger partial charge on any atom is 0.359 e. The Labute approximate surface area is 187 Å². The molecule has 32 heavy (non-hydrogen) atoms. The maximum absolute atomic E-state index is 13.2. The molecule has 2 aromatic rings. The topological polar surface area (TPSA) is 76.1 Å². The van der Waals surface area contributed by atoms with E-state index in [2.05, 4.69) is 18.8 Å². The van der Waals surface area contributed by atoms with Gasteiger partial charge in [-0.3, -0.25) is 0 Å². The predicted octanol–water partition coefficient (Wildman–Crippen LogP) is 4.60. The molecular formula is C25H29NO6. The van der Waals surface area contributed by atoms with Crippen molar-refractivity contribution in [2.75, 3.05) is 0 Å². The number of nitrogens with zero attached hydrogens (tertiary/aromatic N) is 1. The Morgan fingerprint density at radius 3 is 2.81 bits per heavy atom. The van der Waals surface area contributed by atoms with Crippen LogP contribution in [0.4, 0.5) is 0 Å². The minimum absolute atomic E-state index is 0.0742. The SMILES string of the molecule is C[C@H]1[C@@H](OC(=O)c2nccc3ccccc23)O[C@@H]2O[C@@]3(C)CC[C@H]4[C@H](C)CC[C@@H]1[C@@]24OO3. The van der Waals surface area contributed by atoms with Crippen LogP contribution in [0.5, 0.6) is 0 Å². The molecule has 1 saturated carbocycles. The van der Waals surface area contributed by atoms with Crippen LogP contribution in [0, 0.1) is 23.7 Å². The highest BCUT2D eigenvalue weighted by Crippen LogP contribution is 2.60. The second kappa shape index (κ2) is 7.22. The summed E-state index contributed by atoms with van der Waals surface area (Å²) in [5.41, 5.74) is -0.377. The lowest BCUT2D eigenvalue weighted by molar-refractivity contribution is -0.576. The van der Waals surface area contributed by atoms with Crippen LogP contribution in [0.1, 0.15) is 56.9 Å². The predicted molar refractivity (Wildman–Crippen MR) is 114 cm³/mol. The Balaban J connectivity index is 1.32. The molecule has 8 atom stereocenters. The van der Waals surface area contributed by atoms with Gasteiger partial charge in [-0.2, -0.15) is 0 Å². The van der Waals surface area contributed by atoms with E-state index in [1.165, 1.54) is 0 Å². The number of hydrogen-bond acceptors (Lipinski definition) is 7. The van der Waals surface area contributed by atoms with Gasteiger partial charge in [0.15, 0.2) is 17.6 Å². The van der Waals surface area contributed by atoms with Gasteiger partial charge in [-0.1, -0.05) is 38.1 Å². The van der Waals surface area contributed by atoms with E-state index in [4.69, 9.17) is 24.0 Å². The Morgan fingerprint density at radius 1 is 1.09 bits per heavy atom. The third-order valence-corrected chi connectivity index (χ3v) is 8.19. The van der Waals surface area contributed by atoms with E-state index < -0.39 is 29.9 Å². The summed E-state index contributed by atoms with van der Waals surface area (Å²) in [7, 11) is 0. The van der Waals surface area contributed by atoms with Crippen molar-refractivity contribution in [3.63, 3.8) is 0 Å². The quantitative estimate of drug-likeness (QED) is 0.500. The molecule has 1 aliphatic carbocycles. The summed E-state index contributed by atoms with van der Waals surface area (Å²) >= 11 is 0. The lowest BCUT2D eigenvalue weighted by Gasteiger charge is -2.59. The number of pyridine rings is 1. The number of fused-ring (bicyclic) bond motifs is 3. The summed E-state index contributed by atoms with van der Waals surface area (Å²) in [5.74, 6) is -0.564. The lowest BCUT2D eigenvalue weighted by Crippen LogP contribution is -2.70. The van der Waals surface area contributed by atoms with Crippen LogP contribution >= 0.6 is 0 Å². The Kier molecular flexibility index (Phi) is 4.63. The molecule has 7 heteroatoms. The zero-order valence-electron chi connectivity index (χ0n) is 18.7. The van der Waals surface area contributed by atoms with Crippen molar-refractivity contribution in [3.8, 4) is 0 Å². The molecular weight excluding hydrogens is 410 g/mol. The van der Waals surface area contributed by atoms with E-state index in [1.807, 2.05) is 37.3 Å². The smallest absolute Gasteiger partial charge is 0.359 e. The first-order valence-electron chi connectivity index (χ1n) is 11.7. The number of carbonyl (C=O) groups is 1. The van der Waals surface area contributed by atoms with Crippen LogP contribution in [0.25, 0.3) is 10.8 Å². The third kappa shape index (κ3) is 2.88. The molecule has 0 radical (unpaired) electrons. The average Bonchev–Trinajstić information content (AvgIpc) is 3.02. The number of esters is 1. The summed E-state index contributed by atoms with van der Waals surface area (Å²) in [6.07, 6.45) is 3.99. The number of ether oxygens (including phenoxy) is 3. The zero-order chi connectivity index (χ0) is 22.1. The molecule has 4 saturated heterocycles. The fourth-order valence-electron chi connectivity index (χ4n) is 6.45. The Bertz CT molecular complexity index is 1050. The fraction of sp³-hybridized carbons (Fsp3) is 0.600. The molecule has 170 valence electrons. The molecule has 1 aromatic carbocycles. The number of benzene rings is 1. The Hall–Kier alpha value is -2.06. The molecule has 4 aliphatic heterocycles. The lowest BCUT2D eigenvalue weighted by atomic mass is 9.58. The molecule has 5 heterocycles. The highest BCUT2D eigenvalue weighted by atomic mass is 17.3. The van der Waals surface area contributed by atoms with Gasteiger partial charge in [-0.05, 0) is 49.5 Å². The van der Waals surface area contributed by atoms with Gasteiger partial charge in [-0.25, -0.2) is 19.6 Å². The van der Waals surface area contributed by atoms with Crippen molar-refractivity contribution >= 4 is 16.7 Å². The summed E-state index contributed by atoms with van der Waals surface area (Å²) in [5, 5.41) is 1.71. The summed E-state index contributed by atoms with van der Waals surface area (Å²) in [4.78, 5) is 29.5. The van der Waals surface area contributed by atoms with E-state index in [1.54, 1.807) is 6.20 Å². The van der Waals surface area contributed by atoms with E-state index >= 15 is 0 Å². The number of aromatic nitrogens is 1. The van der Waals surface area contributed by atoms with Crippen LogP contribution in [0.3, 0.4) is 0 Å². The minimum atomic E-state index is -0.857. The van der Waals surface area contributed by atoms with E-state index in [-0.39, 0.29) is 17.8 Å². The van der Waals surface area contributed by atoms with E-state index in [0.29, 0.717) is 11.6 Å². The molecule has 5 aliphatic rings. The number of rotatable bonds is 2. The van der Waals surface area contributed by atoms with Crippen molar-refractivity contribution in [2.45, 2.75) is 70.4 Å². The van der Waals surface area contributed by atoms with Crippen molar-refractivity contribution < 1.29 is 28.8 Å². The van der Waals surface area contributed by atoms with E-state index in [0.717, 1.165) is 36.5 Å². The van der Waals surface area contributed by atoms with Crippen LogP contribution in [-0.2, 0) is 24.0 Å². The van der Waals surface area contributed by atoms with Gasteiger partial charge < -0.3 is 14.2 Å². The normalized spacial score (nSPS) is 42.8. The first-order chi connectivity index (χ1) is 15.4. The van der Waals surface area contributed by atoms with Crippen molar-refractivity contribution in [2.24, 2.45) is 23.7 Å². The second-order valence-electron chi connectivity index (χ2n) is 10.1. The van der Waals surface area contributed by atoms with Crippen molar-refractivity contribution in [1.82, 2.24) is 4.98 Å². The van der Waals surface area contributed by atoms with Gasteiger partial charge in [0.25, 0.3) is 0 Å². The minimum Gasteiger partial charge on any atom is -0.431 e. The molecule has 0 N–H and O–H groups in total. The second-order valence-corrected chi connectivity index (χ2v) is 10.1. The van der Waals surface area contributed by atoms with E-state index in [9.17, 15) is 4.79 Å². The van der Waals surface area contributed by atoms with Gasteiger partial charge >= 0.3 is 5.97 Å². The van der Waals surface area contributed by atoms with Crippen LogP contribution in [0.2, 0.25) is 0 Å². The van der Waals surface area contributed by atoms with Gasteiger partial charge in [0.05, 0.1) is 0 Å². The molecule has 2 bridgehead atoms. The monoisotopic (exact) mass is 439 g/mol. The van der Waals surface area contributed by atoms with Crippen LogP contribution < -0.4 is 0 Å². The number of carbonyl (C=O) groups excluding carboxylic acids is 1. The zero-order valence-corrected chi connectivity index (χ0v) is 18.7. The molecule has 0 amide bonds. The van der Waals surface area contributed by atoms with Gasteiger partial charge in [0.1, 0.15) is 0 Å². The first-order valence-corrected chi connectivity index (χ1v) is 11.7. The average molecular weight is 440 g/mol. The molecule has 7 nitrogen and oxygen atoms in total. The van der Waals surface area contributed by atoms with Crippen LogP contribution in [0.15, 0.2) is 36.5 Å². The molecule has 5 fully saturated rings. The standard InChI is InChI=1S/C25H29NO6/c1-14-8-9-19-15(2)22(28-21(27)20-17-7-5-4-6-16(17)11-13-26-20)29-23-25(19)18(14)10-12-24(3,30-23)31-32-25/h4-7,11,13-15,18-19,22-23H,8-10,12H2,1-3H3/t14-,15-,18+,19+,22+,23-,24-,25-/m1/s1. The third-order valence-electron chi connectivity index (χ3n) is 8.19. The highest BCUT2D eigenvalue weighted by molar-refractivity contribution is 6.02. The molecule has 0 unspecified atom stereocenters. The van der Waals surface area contributed by atoms with Gasteiger partial charge in [-0.15, -0.1) is 0 Å². The summed E-state index contributed by atoms with van der Waals surface area (Å²) in [6, 6.07) is 9.54. The van der Waals surface area contributed by atoms with Gasteiger partial charge in [0, 0.05) is 29.8 Å². The molecule has 1 spiro atoms. The van der Waals surface area contributed by atoms with Crippen molar-refractivity contribution in [3.05, 3.63) is 42.2 Å². The molecule has 7 rings (SSSR count). The largest absolute Gasteiger partial charge is 0.431 e. The summed E-state index contributed by atoms with van der Waals surface area (Å²) in [6.45, 7) is 6.23. The van der Waals surface area contributed by atoms with Crippen LogP contribution in [-0.4, -0.2) is 34.9 Å². The summed E-state index contributed by atoms with van der Waals surface area (Å²) < 4.78 is 18.6. The first kappa shape index (κ1) is 20.5. The fourth-order valence-corrected chi connectivity index (χ4v) is 6.45. The maximum atomic E-state index is 13.2. The molecule has 1 aromatic heterocycles.